The molecule has 0 aliphatic carbocycles. The van der Waals surface area contributed by atoms with E-state index >= 15 is 0 Å². The molecule has 0 radical (unpaired) electrons. The van der Waals surface area contributed by atoms with Crippen LogP contribution in [0.5, 0.6) is 0 Å². The Morgan fingerprint density at radius 2 is 2.33 bits per heavy atom. The second-order valence-electron chi connectivity index (χ2n) is 4.30. The minimum absolute atomic E-state index is 0.115. The maximum absolute atomic E-state index is 10.9. The first-order valence-corrected chi connectivity index (χ1v) is 5.99. The van der Waals surface area contributed by atoms with Crippen molar-refractivity contribution in [2.45, 2.75) is 12.5 Å². The van der Waals surface area contributed by atoms with E-state index in [-0.39, 0.29) is 6.04 Å². The Labute approximate surface area is 108 Å². The minimum atomic E-state index is -0.874. The standard InChI is InChI=1S/C11H11ClN4O2/c12-9-8-2-4-16(10(8)14-6-13-9)7-1-3-15(5-7)11(17)18/h2,4,6-7H,1,3,5H2,(H,17,18)/t7-/m1/s1. The van der Waals surface area contributed by atoms with Crippen LogP contribution in [0.4, 0.5) is 4.79 Å². The second-order valence-corrected chi connectivity index (χ2v) is 4.65. The van der Waals surface area contributed by atoms with Crippen LogP contribution in [-0.2, 0) is 0 Å². The van der Waals surface area contributed by atoms with E-state index in [1.807, 2.05) is 16.8 Å². The van der Waals surface area contributed by atoms with E-state index < -0.39 is 6.09 Å². The summed E-state index contributed by atoms with van der Waals surface area (Å²) in [5.74, 6) is 0. The molecule has 1 aliphatic rings. The van der Waals surface area contributed by atoms with Gasteiger partial charge in [0, 0.05) is 19.3 Å². The van der Waals surface area contributed by atoms with Gasteiger partial charge in [0.1, 0.15) is 17.1 Å². The number of fused-ring (bicyclic) bond motifs is 1. The topological polar surface area (TPSA) is 71.2 Å². The Balaban J connectivity index is 1.96. The third kappa shape index (κ3) is 1.69. The van der Waals surface area contributed by atoms with Crippen LogP contribution in [-0.4, -0.2) is 43.7 Å². The Bertz CT molecular complexity index is 612. The van der Waals surface area contributed by atoms with E-state index in [4.69, 9.17) is 16.7 Å². The zero-order chi connectivity index (χ0) is 12.7. The first-order valence-electron chi connectivity index (χ1n) is 5.61. The molecular formula is C11H11ClN4O2. The molecule has 0 unspecified atom stereocenters. The maximum Gasteiger partial charge on any atom is 0.407 e. The molecule has 3 heterocycles. The highest BCUT2D eigenvalue weighted by Crippen LogP contribution is 2.28. The van der Waals surface area contributed by atoms with Gasteiger partial charge in [0.05, 0.1) is 11.4 Å². The van der Waals surface area contributed by atoms with Crippen LogP contribution in [0.15, 0.2) is 18.6 Å². The summed E-state index contributed by atoms with van der Waals surface area (Å²) < 4.78 is 1.98. The molecule has 7 heteroatoms. The summed E-state index contributed by atoms with van der Waals surface area (Å²) in [7, 11) is 0. The largest absolute Gasteiger partial charge is 0.465 e. The number of halogens is 1. The molecule has 0 bridgehead atoms. The van der Waals surface area contributed by atoms with E-state index in [9.17, 15) is 4.79 Å². The molecule has 1 amide bonds. The molecule has 2 aromatic rings. The van der Waals surface area contributed by atoms with Crippen molar-refractivity contribution in [2.75, 3.05) is 13.1 Å². The predicted octanol–water partition coefficient (Wildman–Crippen LogP) is 2.01. The average Bonchev–Trinajstić information content (AvgIpc) is 2.94. The fourth-order valence-electron chi connectivity index (χ4n) is 2.38. The fraction of sp³-hybridized carbons (Fsp3) is 0.364. The number of carboxylic acid groups (broad SMARTS) is 1. The highest BCUT2D eigenvalue weighted by Gasteiger charge is 2.28. The van der Waals surface area contributed by atoms with Crippen molar-refractivity contribution < 1.29 is 9.90 Å². The van der Waals surface area contributed by atoms with Crippen LogP contribution < -0.4 is 0 Å². The maximum atomic E-state index is 10.9. The third-order valence-electron chi connectivity index (χ3n) is 3.29. The van der Waals surface area contributed by atoms with Gasteiger partial charge in [0.25, 0.3) is 0 Å². The van der Waals surface area contributed by atoms with Crippen molar-refractivity contribution in [3.8, 4) is 0 Å². The summed E-state index contributed by atoms with van der Waals surface area (Å²) in [5.41, 5.74) is 0.757. The van der Waals surface area contributed by atoms with Crippen LogP contribution in [0.2, 0.25) is 5.15 Å². The molecule has 0 saturated carbocycles. The summed E-state index contributed by atoms with van der Waals surface area (Å²) in [4.78, 5) is 20.5. The lowest BCUT2D eigenvalue weighted by Crippen LogP contribution is -2.27. The molecule has 1 saturated heterocycles. The zero-order valence-corrected chi connectivity index (χ0v) is 10.2. The van der Waals surface area contributed by atoms with Crippen molar-refractivity contribution in [2.24, 2.45) is 0 Å². The first-order chi connectivity index (χ1) is 8.66. The smallest absolute Gasteiger partial charge is 0.407 e. The molecule has 1 N–H and O–H groups in total. The lowest BCUT2D eigenvalue weighted by atomic mass is 10.2. The van der Waals surface area contributed by atoms with Crippen LogP contribution in [0.3, 0.4) is 0 Å². The lowest BCUT2D eigenvalue weighted by molar-refractivity contribution is 0.154. The van der Waals surface area contributed by atoms with Crippen molar-refractivity contribution in [3.63, 3.8) is 0 Å². The Morgan fingerprint density at radius 3 is 3.06 bits per heavy atom. The molecule has 2 aromatic heterocycles. The van der Waals surface area contributed by atoms with E-state index in [0.717, 1.165) is 17.5 Å². The number of carbonyl (C=O) groups is 1. The van der Waals surface area contributed by atoms with Gasteiger partial charge < -0.3 is 14.6 Å². The van der Waals surface area contributed by atoms with Crippen molar-refractivity contribution in [1.29, 1.82) is 0 Å². The fourth-order valence-corrected chi connectivity index (χ4v) is 2.57. The minimum Gasteiger partial charge on any atom is -0.465 e. The number of likely N-dealkylation sites (tertiary alicyclic amines) is 1. The monoisotopic (exact) mass is 266 g/mol. The third-order valence-corrected chi connectivity index (χ3v) is 3.59. The van der Waals surface area contributed by atoms with Gasteiger partial charge >= 0.3 is 6.09 Å². The van der Waals surface area contributed by atoms with E-state index in [1.165, 1.54) is 11.2 Å². The average molecular weight is 267 g/mol. The summed E-state index contributed by atoms with van der Waals surface area (Å²) >= 11 is 5.99. The highest BCUT2D eigenvalue weighted by atomic mass is 35.5. The van der Waals surface area contributed by atoms with E-state index in [1.54, 1.807) is 0 Å². The van der Waals surface area contributed by atoms with Crippen LogP contribution in [0.1, 0.15) is 12.5 Å². The van der Waals surface area contributed by atoms with Crippen LogP contribution in [0, 0.1) is 0 Å². The summed E-state index contributed by atoms with van der Waals surface area (Å²) in [6.45, 7) is 1.04. The number of rotatable bonds is 1. The molecule has 0 spiro atoms. The first kappa shape index (κ1) is 11.3. The molecule has 0 aromatic carbocycles. The Hall–Kier alpha value is -1.82. The normalized spacial score (nSPS) is 19.6. The van der Waals surface area contributed by atoms with Gasteiger partial charge in [-0.2, -0.15) is 0 Å². The van der Waals surface area contributed by atoms with Gasteiger partial charge in [0.2, 0.25) is 0 Å². The van der Waals surface area contributed by atoms with Crippen molar-refractivity contribution in [1.82, 2.24) is 19.4 Å². The van der Waals surface area contributed by atoms with Gasteiger partial charge in [-0.05, 0) is 12.5 Å². The number of hydrogen-bond donors (Lipinski definition) is 1. The highest BCUT2D eigenvalue weighted by molar-refractivity contribution is 6.33. The quantitative estimate of drug-likeness (QED) is 0.802. The van der Waals surface area contributed by atoms with Gasteiger partial charge in [-0.25, -0.2) is 14.8 Å². The van der Waals surface area contributed by atoms with Gasteiger partial charge in [-0.3, -0.25) is 0 Å². The number of nitrogens with zero attached hydrogens (tertiary/aromatic N) is 4. The number of aromatic nitrogens is 3. The molecule has 18 heavy (non-hydrogen) atoms. The summed E-state index contributed by atoms with van der Waals surface area (Å²) in [6, 6.07) is 1.98. The summed E-state index contributed by atoms with van der Waals surface area (Å²) in [6.07, 6.45) is 3.23. The molecule has 6 nitrogen and oxygen atoms in total. The Morgan fingerprint density at radius 1 is 1.50 bits per heavy atom. The zero-order valence-electron chi connectivity index (χ0n) is 9.45. The summed E-state index contributed by atoms with van der Waals surface area (Å²) in [5, 5.41) is 10.2. The Kier molecular flexibility index (Phi) is 2.59. The molecule has 94 valence electrons. The molecule has 1 aliphatic heterocycles. The van der Waals surface area contributed by atoms with Gasteiger partial charge in [0.15, 0.2) is 0 Å². The van der Waals surface area contributed by atoms with Crippen LogP contribution >= 0.6 is 11.6 Å². The molecule has 1 fully saturated rings. The van der Waals surface area contributed by atoms with Gasteiger partial charge in [-0.1, -0.05) is 11.6 Å². The SMILES string of the molecule is O=C(O)N1CC[C@@H](n2ccc3c(Cl)ncnc32)C1. The predicted molar refractivity (Wildman–Crippen MR) is 65.8 cm³/mol. The molecule has 3 rings (SSSR count). The van der Waals surface area contributed by atoms with Gasteiger partial charge in [-0.15, -0.1) is 0 Å². The molecular weight excluding hydrogens is 256 g/mol. The van der Waals surface area contributed by atoms with Crippen molar-refractivity contribution >= 4 is 28.7 Å². The van der Waals surface area contributed by atoms with Crippen LogP contribution in [0.25, 0.3) is 11.0 Å². The van der Waals surface area contributed by atoms with Crippen molar-refractivity contribution in [3.05, 3.63) is 23.7 Å². The van der Waals surface area contributed by atoms with E-state index in [2.05, 4.69) is 9.97 Å². The second kappa shape index (κ2) is 4.13. The number of amides is 1. The van der Waals surface area contributed by atoms with E-state index in [0.29, 0.717) is 18.2 Å². The molecule has 1 atom stereocenters. The lowest BCUT2D eigenvalue weighted by Gasteiger charge is -2.14. The number of hydrogen-bond acceptors (Lipinski definition) is 3.